The molecule has 0 amide bonds. The van der Waals surface area contributed by atoms with Crippen molar-refractivity contribution in [3.63, 3.8) is 0 Å². The van der Waals surface area contributed by atoms with Crippen molar-refractivity contribution in [2.45, 2.75) is 32.8 Å². The van der Waals surface area contributed by atoms with Gasteiger partial charge < -0.3 is 9.47 Å². The molecule has 24 heavy (non-hydrogen) atoms. The van der Waals surface area contributed by atoms with E-state index in [1.54, 1.807) is 0 Å². The first kappa shape index (κ1) is 18.1. The van der Waals surface area contributed by atoms with Crippen molar-refractivity contribution in [3.8, 4) is 6.01 Å². The van der Waals surface area contributed by atoms with E-state index in [0.717, 1.165) is 31.0 Å². The molecule has 0 atom stereocenters. The van der Waals surface area contributed by atoms with Crippen LogP contribution in [0.15, 0.2) is 36.5 Å². The molecule has 1 aromatic heterocycles. The van der Waals surface area contributed by atoms with Crippen molar-refractivity contribution in [3.05, 3.63) is 47.9 Å². The average molecular weight is 349 g/mol. The molecule has 0 aliphatic carbocycles. The van der Waals surface area contributed by atoms with Crippen LogP contribution in [0.4, 0.5) is 10.2 Å². The number of halogens is 1. The lowest BCUT2D eigenvalue weighted by Crippen LogP contribution is -2.16. The third-order valence-electron chi connectivity index (χ3n) is 3.13. The molecule has 0 saturated heterocycles. The normalized spacial score (nSPS) is 10.2. The summed E-state index contributed by atoms with van der Waals surface area (Å²) in [6.07, 6.45) is 4.08. The van der Waals surface area contributed by atoms with E-state index in [4.69, 9.17) is 21.7 Å². The lowest BCUT2D eigenvalue weighted by Gasteiger charge is -2.10. The summed E-state index contributed by atoms with van der Waals surface area (Å²) in [5.41, 5.74) is 0.967. The van der Waals surface area contributed by atoms with Gasteiger partial charge in [0.1, 0.15) is 6.61 Å². The summed E-state index contributed by atoms with van der Waals surface area (Å²) in [5.74, 6) is -0.685. The highest BCUT2D eigenvalue weighted by molar-refractivity contribution is 7.80. The Morgan fingerprint density at radius 3 is 2.79 bits per heavy atom. The van der Waals surface area contributed by atoms with E-state index in [9.17, 15) is 4.39 Å². The van der Waals surface area contributed by atoms with Crippen LogP contribution >= 0.6 is 12.2 Å². The van der Waals surface area contributed by atoms with Gasteiger partial charge in [-0.15, -0.1) is 0 Å². The van der Waals surface area contributed by atoms with Crippen molar-refractivity contribution in [2.24, 2.45) is 0 Å². The molecule has 2 aromatic rings. The van der Waals surface area contributed by atoms with Gasteiger partial charge >= 0.3 is 6.01 Å². The molecule has 0 aliphatic heterocycles. The van der Waals surface area contributed by atoms with Gasteiger partial charge in [-0.25, -0.2) is 9.37 Å². The maximum absolute atomic E-state index is 13.8. The first-order chi connectivity index (χ1) is 11.7. The second kappa shape index (κ2) is 9.77. The standard InChI is InChI=1S/C17H20FN3O2S/c1-2-3-7-10-22-17(24)21-15-14(18)11-19-16(20-15)23-12-13-8-5-4-6-9-13/h4-6,8-9,11H,2-3,7,10,12H2,1H3,(H,19,20,21,24). The third-order valence-corrected chi connectivity index (χ3v) is 3.35. The molecular formula is C17H20FN3O2S. The topological polar surface area (TPSA) is 56.3 Å². The van der Waals surface area contributed by atoms with Crippen LogP contribution in [-0.2, 0) is 11.3 Å². The fourth-order valence-corrected chi connectivity index (χ4v) is 2.06. The molecule has 5 nitrogen and oxygen atoms in total. The van der Waals surface area contributed by atoms with Crippen molar-refractivity contribution >= 4 is 23.2 Å². The quantitative estimate of drug-likeness (QED) is 0.572. The molecule has 0 fully saturated rings. The van der Waals surface area contributed by atoms with Crippen molar-refractivity contribution < 1.29 is 13.9 Å². The summed E-state index contributed by atoms with van der Waals surface area (Å²) in [6, 6.07) is 9.64. The van der Waals surface area contributed by atoms with Crippen LogP contribution in [0.5, 0.6) is 6.01 Å². The lowest BCUT2D eigenvalue weighted by atomic mass is 10.2. The minimum atomic E-state index is -0.624. The van der Waals surface area contributed by atoms with Gasteiger partial charge in [0.15, 0.2) is 11.6 Å². The number of hydrogen-bond donors (Lipinski definition) is 1. The summed E-state index contributed by atoms with van der Waals surface area (Å²) in [7, 11) is 0. The summed E-state index contributed by atoms with van der Waals surface area (Å²) < 4.78 is 24.6. The van der Waals surface area contributed by atoms with Gasteiger partial charge in [0.2, 0.25) is 0 Å². The van der Waals surface area contributed by atoms with Crippen LogP contribution in [0.1, 0.15) is 31.7 Å². The number of ether oxygens (including phenoxy) is 2. The van der Waals surface area contributed by atoms with Crippen molar-refractivity contribution in [1.82, 2.24) is 9.97 Å². The molecule has 128 valence electrons. The Morgan fingerprint density at radius 2 is 2.04 bits per heavy atom. The molecular weight excluding hydrogens is 329 g/mol. The van der Waals surface area contributed by atoms with Gasteiger partial charge in [-0.1, -0.05) is 50.1 Å². The third kappa shape index (κ3) is 6.08. The Kier molecular flexibility index (Phi) is 7.35. The van der Waals surface area contributed by atoms with E-state index < -0.39 is 5.82 Å². The summed E-state index contributed by atoms with van der Waals surface area (Å²) in [5, 5.41) is 2.71. The van der Waals surface area contributed by atoms with Gasteiger partial charge in [0, 0.05) is 0 Å². The monoisotopic (exact) mass is 349 g/mol. The summed E-state index contributed by atoms with van der Waals surface area (Å²) in [4.78, 5) is 7.80. The molecule has 0 spiro atoms. The SMILES string of the molecule is CCCCCOC(=S)Nc1nc(OCc2ccccc2)ncc1F. The average Bonchev–Trinajstić information content (AvgIpc) is 2.60. The number of nitrogens with zero attached hydrogens (tertiary/aromatic N) is 2. The van der Waals surface area contributed by atoms with E-state index in [-0.39, 0.29) is 17.0 Å². The van der Waals surface area contributed by atoms with E-state index in [2.05, 4.69) is 22.2 Å². The van der Waals surface area contributed by atoms with Crippen LogP contribution in [-0.4, -0.2) is 21.7 Å². The molecule has 0 bridgehead atoms. The number of nitrogens with one attached hydrogen (secondary N) is 1. The molecule has 2 rings (SSSR count). The number of aromatic nitrogens is 2. The highest BCUT2D eigenvalue weighted by Crippen LogP contribution is 2.15. The zero-order valence-corrected chi connectivity index (χ0v) is 14.3. The van der Waals surface area contributed by atoms with Crippen LogP contribution in [0.25, 0.3) is 0 Å². The largest absolute Gasteiger partial charge is 0.471 e. The van der Waals surface area contributed by atoms with E-state index in [0.29, 0.717) is 13.2 Å². The van der Waals surface area contributed by atoms with Crippen LogP contribution in [0.2, 0.25) is 0 Å². The van der Waals surface area contributed by atoms with Crippen LogP contribution < -0.4 is 10.1 Å². The lowest BCUT2D eigenvalue weighted by molar-refractivity contribution is 0.279. The first-order valence-electron chi connectivity index (χ1n) is 7.82. The van der Waals surface area contributed by atoms with Crippen molar-refractivity contribution in [1.29, 1.82) is 0 Å². The van der Waals surface area contributed by atoms with Gasteiger partial charge in [0.05, 0.1) is 12.8 Å². The van der Waals surface area contributed by atoms with Gasteiger partial charge in [-0.3, -0.25) is 5.32 Å². The second-order valence-corrected chi connectivity index (χ2v) is 5.46. The van der Waals surface area contributed by atoms with Crippen molar-refractivity contribution in [2.75, 3.05) is 11.9 Å². The first-order valence-corrected chi connectivity index (χ1v) is 8.23. The maximum atomic E-state index is 13.8. The fourth-order valence-electron chi connectivity index (χ4n) is 1.88. The zero-order chi connectivity index (χ0) is 17.2. The Bertz CT molecular complexity index is 656. The second-order valence-electron chi connectivity index (χ2n) is 5.09. The highest BCUT2D eigenvalue weighted by Gasteiger charge is 2.10. The van der Waals surface area contributed by atoms with Gasteiger partial charge in [0.25, 0.3) is 5.17 Å². The highest BCUT2D eigenvalue weighted by atomic mass is 32.1. The molecule has 0 aliphatic rings. The number of unbranched alkanes of at least 4 members (excludes halogenated alkanes) is 2. The molecule has 1 heterocycles. The Hall–Kier alpha value is -2.28. The molecule has 0 saturated carbocycles. The van der Waals surface area contributed by atoms with E-state index in [1.807, 2.05) is 30.3 Å². The molecule has 7 heteroatoms. The molecule has 1 N–H and O–H groups in total. The number of thiocarbonyl (C=S) groups is 1. The van der Waals surface area contributed by atoms with Crippen LogP contribution in [0, 0.1) is 5.82 Å². The Morgan fingerprint density at radius 1 is 1.25 bits per heavy atom. The Balaban J connectivity index is 1.89. The zero-order valence-electron chi connectivity index (χ0n) is 13.5. The summed E-state index contributed by atoms with van der Waals surface area (Å²) in [6.45, 7) is 2.89. The van der Waals surface area contributed by atoms with Gasteiger partial charge in [-0.05, 0) is 24.2 Å². The van der Waals surface area contributed by atoms with Crippen LogP contribution in [0.3, 0.4) is 0 Å². The minimum absolute atomic E-state index is 0.0615. The Labute approximate surface area is 146 Å². The molecule has 1 aromatic carbocycles. The number of benzene rings is 1. The minimum Gasteiger partial charge on any atom is -0.471 e. The number of anilines is 1. The van der Waals surface area contributed by atoms with E-state index >= 15 is 0 Å². The fraction of sp³-hybridized carbons (Fsp3) is 0.353. The maximum Gasteiger partial charge on any atom is 0.318 e. The number of rotatable bonds is 8. The van der Waals surface area contributed by atoms with E-state index in [1.165, 1.54) is 0 Å². The smallest absolute Gasteiger partial charge is 0.318 e. The summed E-state index contributed by atoms with van der Waals surface area (Å²) >= 11 is 5.03. The predicted octanol–water partition coefficient (Wildman–Crippen LogP) is 4.10. The number of hydrogen-bond acceptors (Lipinski definition) is 5. The molecule has 0 radical (unpaired) electrons. The predicted molar refractivity (Wildman–Crippen MR) is 94.5 cm³/mol. The van der Waals surface area contributed by atoms with Gasteiger partial charge in [-0.2, -0.15) is 4.98 Å². The molecule has 0 unspecified atom stereocenters.